The molecule has 2 aromatic carbocycles. The molecule has 0 bridgehead atoms. The predicted molar refractivity (Wildman–Crippen MR) is 143 cm³/mol. The van der Waals surface area contributed by atoms with Crippen LogP contribution in [0.3, 0.4) is 0 Å². The molecule has 2 aliphatic heterocycles. The first-order valence-corrected chi connectivity index (χ1v) is 15.1. The topological polar surface area (TPSA) is 85.4 Å². The second-order valence-corrected chi connectivity index (χ2v) is 12.8. The summed E-state index contributed by atoms with van der Waals surface area (Å²) in [6.07, 6.45) is 1.40. The van der Waals surface area contributed by atoms with E-state index >= 15 is 0 Å². The van der Waals surface area contributed by atoms with E-state index in [9.17, 15) is 13.2 Å². The van der Waals surface area contributed by atoms with Gasteiger partial charge in [-0.3, -0.25) is 4.79 Å². The van der Waals surface area contributed by atoms with E-state index in [4.69, 9.17) is 14.2 Å². The Kier molecular flexibility index (Phi) is 8.15. The highest BCUT2D eigenvalue weighted by Gasteiger charge is 2.32. The minimum absolute atomic E-state index is 0.126. The van der Waals surface area contributed by atoms with Crippen LogP contribution in [0.5, 0.6) is 11.5 Å². The molecule has 5 rings (SSSR count). The fourth-order valence-corrected chi connectivity index (χ4v) is 6.76. The minimum Gasteiger partial charge on any atom is -0.454 e. The molecule has 0 N–H and O–H groups in total. The van der Waals surface area contributed by atoms with Crippen molar-refractivity contribution >= 4 is 43.2 Å². The fraction of sp³-hybridized carbons (Fsp3) is 0.346. The SMILES string of the molecule is O=C(CN(CC1CCCO1)S(=O)(=O)c1ccc(Br)cc1)N(Cc1ccc2c(c1)OCO2)Cc1cccs1. The molecule has 2 aliphatic rings. The van der Waals surface area contributed by atoms with Gasteiger partial charge in [0.25, 0.3) is 0 Å². The van der Waals surface area contributed by atoms with E-state index in [0.717, 1.165) is 27.8 Å². The van der Waals surface area contributed by atoms with Gasteiger partial charge in [-0.15, -0.1) is 11.3 Å². The number of carbonyl (C=O) groups excluding carboxylic acids is 1. The van der Waals surface area contributed by atoms with Gasteiger partial charge < -0.3 is 19.1 Å². The van der Waals surface area contributed by atoms with Crippen molar-refractivity contribution in [1.82, 2.24) is 9.21 Å². The number of amides is 1. The van der Waals surface area contributed by atoms with Gasteiger partial charge in [-0.25, -0.2) is 8.42 Å². The highest BCUT2D eigenvalue weighted by molar-refractivity contribution is 9.10. The van der Waals surface area contributed by atoms with Gasteiger partial charge >= 0.3 is 0 Å². The molecule has 0 radical (unpaired) electrons. The number of carbonyl (C=O) groups is 1. The summed E-state index contributed by atoms with van der Waals surface area (Å²) in [4.78, 5) is 16.6. The van der Waals surface area contributed by atoms with E-state index in [2.05, 4.69) is 15.9 Å². The van der Waals surface area contributed by atoms with E-state index in [-0.39, 0.29) is 36.8 Å². The third kappa shape index (κ3) is 6.35. The molecule has 1 unspecified atom stereocenters. The van der Waals surface area contributed by atoms with Crippen molar-refractivity contribution in [2.45, 2.75) is 36.9 Å². The Balaban J connectivity index is 1.40. The number of hydrogen-bond donors (Lipinski definition) is 0. The van der Waals surface area contributed by atoms with Crippen molar-refractivity contribution in [3.63, 3.8) is 0 Å². The van der Waals surface area contributed by atoms with Crippen molar-refractivity contribution in [3.8, 4) is 11.5 Å². The predicted octanol–water partition coefficient (Wildman–Crippen LogP) is 4.64. The normalized spacial score (nSPS) is 16.9. The summed E-state index contributed by atoms with van der Waals surface area (Å²) < 4.78 is 46.0. The third-order valence-electron chi connectivity index (χ3n) is 6.28. The van der Waals surface area contributed by atoms with Crippen molar-refractivity contribution in [1.29, 1.82) is 0 Å². The molecule has 3 aromatic rings. The molecule has 3 heterocycles. The monoisotopic (exact) mass is 606 g/mol. The Morgan fingerprint density at radius 2 is 1.86 bits per heavy atom. The summed E-state index contributed by atoms with van der Waals surface area (Å²) in [6, 6.07) is 15.9. The number of hydrogen-bond acceptors (Lipinski definition) is 7. The summed E-state index contributed by atoms with van der Waals surface area (Å²) in [5.41, 5.74) is 0.871. The third-order valence-corrected chi connectivity index (χ3v) is 9.50. The van der Waals surface area contributed by atoms with Crippen LogP contribution in [0.4, 0.5) is 0 Å². The molecule has 1 saturated heterocycles. The van der Waals surface area contributed by atoms with Crippen LogP contribution in [0.25, 0.3) is 0 Å². The number of rotatable bonds is 10. The van der Waals surface area contributed by atoms with Gasteiger partial charge in [-0.1, -0.05) is 28.1 Å². The fourth-order valence-electron chi connectivity index (χ4n) is 4.35. The van der Waals surface area contributed by atoms with Crippen LogP contribution < -0.4 is 9.47 Å². The molecule has 1 fully saturated rings. The number of fused-ring (bicyclic) bond motifs is 1. The zero-order valence-corrected chi connectivity index (χ0v) is 23.3. The molecule has 196 valence electrons. The van der Waals surface area contributed by atoms with Crippen LogP contribution in [0.1, 0.15) is 23.3 Å². The maximum absolute atomic E-state index is 13.7. The van der Waals surface area contributed by atoms with Crippen molar-refractivity contribution in [2.24, 2.45) is 0 Å². The molecular weight excluding hydrogens is 580 g/mol. The molecule has 1 amide bonds. The minimum atomic E-state index is -3.93. The maximum atomic E-state index is 13.7. The Bertz CT molecular complexity index is 1330. The molecule has 8 nitrogen and oxygen atoms in total. The van der Waals surface area contributed by atoms with Gasteiger partial charge in [0, 0.05) is 29.0 Å². The smallest absolute Gasteiger partial charge is 0.243 e. The molecular formula is C26H27BrN2O6S2. The van der Waals surface area contributed by atoms with Gasteiger partial charge in [0.05, 0.1) is 24.1 Å². The van der Waals surface area contributed by atoms with E-state index in [1.165, 1.54) is 4.31 Å². The van der Waals surface area contributed by atoms with Crippen LogP contribution >= 0.6 is 27.3 Å². The summed E-state index contributed by atoms with van der Waals surface area (Å²) in [5, 5.41) is 1.96. The van der Waals surface area contributed by atoms with Gasteiger partial charge in [-0.05, 0) is 66.2 Å². The molecule has 0 saturated carbocycles. The van der Waals surface area contributed by atoms with Crippen molar-refractivity contribution < 1.29 is 27.4 Å². The zero-order valence-electron chi connectivity index (χ0n) is 20.0. The first-order valence-electron chi connectivity index (χ1n) is 11.9. The average Bonchev–Trinajstić information content (AvgIpc) is 3.66. The molecule has 1 aromatic heterocycles. The van der Waals surface area contributed by atoms with Crippen LogP contribution in [-0.4, -0.2) is 56.1 Å². The average molecular weight is 608 g/mol. The number of benzene rings is 2. The van der Waals surface area contributed by atoms with Gasteiger partial charge in [0.1, 0.15) is 0 Å². The Morgan fingerprint density at radius 3 is 2.59 bits per heavy atom. The number of ether oxygens (including phenoxy) is 3. The maximum Gasteiger partial charge on any atom is 0.243 e. The molecule has 11 heteroatoms. The van der Waals surface area contributed by atoms with Crippen LogP contribution in [0.2, 0.25) is 0 Å². The molecule has 1 atom stereocenters. The second kappa shape index (κ2) is 11.5. The number of sulfonamides is 1. The summed E-state index contributed by atoms with van der Waals surface area (Å²) in [6.45, 7) is 1.29. The van der Waals surface area contributed by atoms with E-state index in [1.54, 1.807) is 40.5 Å². The van der Waals surface area contributed by atoms with E-state index in [1.807, 2.05) is 35.7 Å². The van der Waals surface area contributed by atoms with Crippen LogP contribution in [0.15, 0.2) is 69.3 Å². The zero-order chi connectivity index (χ0) is 25.8. The lowest BCUT2D eigenvalue weighted by atomic mass is 10.2. The van der Waals surface area contributed by atoms with Crippen molar-refractivity contribution in [2.75, 3.05) is 26.5 Å². The Morgan fingerprint density at radius 1 is 1.05 bits per heavy atom. The highest BCUT2D eigenvalue weighted by atomic mass is 79.9. The Labute approximate surface area is 228 Å². The number of nitrogens with zero attached hydrogens (tertiary/aromatic N) is 2. The van der Waals surface area contributed by atoms with Crippen molar-refractivity contribution in [3.05, 3.63) is 74.9 Å². The van der Waals surface area contributed by atoms with Gasteiger partial charge in [0.2, 0.25) is 22.7 Å². The lowest BCUT2D eigenvalue weighted by Gasteiger charge is -2.28. The molecule has 0 spiro atoms. The van der Waals surface area contributed by atoms with Crippen LogP contribution in [-0.2, 0) is 32.6 Å². The Hall–Kier alpha value is -2.44. The first-order chi connectivity index (χ1) is 17.9. The summed E-state index contributed by atoms with van der Waals surface area (Å²) >= 11 is 4.91. The molecule has 0 aliphatic carbocycles. The first kappa shape index (κ1) is 26.2. The standard InChI is InChI=1S/C26H27BrN2O6S2/c27-20-6-8-23(9-7-20)37(31,32)29(15-21-3-1-11-33-21)17-26(30)28(16-22-4-2-12-36-22)14-19-5-10-24-25(13-19)35-18-34-24/h2,4-10,12-13,21H,1,3,11,14-18H2. The quantitative estimate of drug-likeness (QED) is 0.334. The second-order valence-electron chi connectivity index (χ2n) is 8.90. The summed E-state index contributed by atoms with van der Waals surface area (Å²) in [5.74, 6) is 1.02. The highest BCUT2D eigenvalue weighted by Crippen LogP contribution is 2.33. The van der Waals surface area contributed by atoms with Gasteiger partial charge in [0.15, 0.2) is 11.5 Å². The largest absolute Gasteiger partial charge is 0.454 e. The lowest BCUT2D eigenvalue weighted by molar-refractivity contribution is -0.132. The molecule has 37 heavy (non-hydrogen) atoms. The lowest BCUT2D eigenvalue weighted by Crippen LogP contribution is -2.45. The van der Waals surface area contributed by atoms with Gasteiger partial charge in [-0.2, -0.15) is 4.31 Å². The number of halogens is 1. The number of thiophene rings is 1. The van der Waals surface area contributed by atoms with E-state index in [0.29, 0.717) is 31.2 Å². The summed E-state index contributed by atoms with van der Waals surface area (Å²) in [7, 11) is -3.93. The van der Waals surface area contributed by atoms with Crippen LogP contribution in [0, 0.1) is 0 Å². The van der Waals surface area contributed by atoms with E-state index < -0.39 is 10.0 Å².